The van der Waals surface area contributed by atoms with Crippen LogP contribution in [0, 0.1) is 10.1 Å². The van der Waals surface area contributed by atoms with E-state index in [0.717, 1.165) is 0 Å². The Morgan fingerprint density at radius 3 is 2.57 bits per heavy atom. The fourth-order valence-electron chi connectivity index (χ4n) is 1.06. The minimum Gasteiger partial charge on any atom is -0.324 e. The molecule has 0 radical (unpaired) electrons. The summed E-state index contributed by atoms with van der Waals surface area (Å²) < 4.78 is 0. The van der Waals surface area contributed by atoms with Gasteiger partial charge in [0.05, 0.1) is 4.92 Å². The molecule has 0 amide bonds. The average molecular weight is 237 g/mol. The van der Waals surface area contributed by atoms with E-state index in [2.05, 4.69) is 0 Å². The van der Waals surface area contributed by atoms with Crippen molar-refractivity contribution in [2.24, 2.45) is 5.73 Å². The second-order valence-corrected chi connectivity index (χ2v) is 3.19. The Bertz CT molecular complexity index is 342. The zero-order valence-corrected chi connectivity index (χ0v) is 9.01. The van der Waals surface area contributed by atoms with Crippen molar-refractivity contribution in [1.82, 2.24) is 0 Å². The van der Waals surface area contributed by atoms with Gasteiger partial charge in [0.2, 0.25) is 0 Å². The number of nitro groups is 1. The topological polar surface area (TPSA) is 69.2 Å². The number of hydrogen-bond acceptors (Lipinski definition) is 3. The van der Waals surface area contributed by atoms with E-state index in [4.69, 9.17) is 17.3 Å². The standard InChI is InChI=1S/C8H9ClN2O2.ClH/c1-5(10)7-4-6(9)2-3-8(7)11(12)13;/h2-5H,10H2,1H3;1H/t5-;/m1./s1. The van der Waals surface area contributed by atoms with E-state index < -0.39 is 4.92 Å². The van der Waals surface area contributed by atoms with Crippen LogP contribution in [-0.4, -0.2) is 4.92 Å². The molecule has 0 aromatic heterocycles. The molecule has 0 saturated carbocycles. The number of nitro benzene ring substituents is 1. The molecule has 1 rings (SSSR count). The number of rotatable bonds is 2. The molecule has 0 heterocycles. The van der Waals surface area contributed by atoms with Crippen LogP contribution < -0.4 is 5.73 Å². The van der Waals surface area contributed by atoms with Gasteiger partial charge >= 0.3 is 0 Å². The molecular weight excluding hydrogens is 227 g/mol. The summed E-state index contributed by atoms with van der Waals surface area (Å²) in [6.07, 6.45) is 0. The lowest BCUT2D eigenvalue weighted by Gasteiger charge is -2.06. The van der Waals surface area contributed by atoms with E-state index in [1.807, 2.05) is 0 Å². The van der Waals surface area contributed by atoms with Gasteiger partial charge in [0.1, 0.15) is 0 Å². The molecule has 6 heteroatoms. The third-order valence-corrected chi connectivity index (χ3v) is 1.91. The maximum Gasteiger partial charge on any atom is 0.274 e. The Morgan fingerprint density at radius 1 is 1.57 bits per heavy atom. The van der Waals surface area contributed by atoms with Crippen LogP contribution in [0.2, 0.25) is 5.02 Å². The Balaban J connectivity index is 0.00000169. The van der Waals surface area contributed by atoms with Gasteiger partial charge in [-0.2, -0.15) is 0 Å². The smallest absolute Gasteiger partial charge is 0.274 e. The minimum absolute atomic E-state index is 0. The van der Waals surface area contributed by atoms with Gasteiger partial charge < -0.3 is 5.73 Å². The lowest BCUT2D eigenvalue weighted by Crippen LogP contribution is -2.07. The van der Waals surface area contributed by atoms with Gasteiger partial charge in [-0.25, -0.2) is 0 Å². The second-order valence-electron chi connectivity index (χ2n) is 2.75. The highest BCUT2D eigenvalue weighted by molar-refractivity contribution is 6.30. The molecule has 0 aliphatic heterocycles. The molecule has 14 heavy (non-hydrogen) atoms. The van der Waals surface area contributed by atoms with E-state index in [1.54, 1.807) is 6.92 Å². The third kappa shape index (κ3) is 2.83. The fourth-order valence-corrected chi connectivity index (χ4v) is 1.24. The second kappa shape index (κ2) is 5.14. The number of halogens is 2. The van der Waals surface area contributed by atoms with Gasteiger partial charge in [-0.3, -0.25) is 10.1 Å². The molecule has 4 nitrogen and oxygen atoms in total. The van der Waals surface area contributed by atoms with Crippen molar-refractivity contribution < 1.29 is 4.92 Å². The van der Waals surface area contributed by atoms with Gasteiger partial charge in [-0.05, 0) is 19.1 Å². The summed E-state index contributed by atoms with van der Waals surface area (Å²) in [6.45, 7) is 1.68. The molecule has 78 valence electrons. The van der Waals surface area contributed by atoms with Crippen molar-refractivity contribution in [2.75, 3.05) is 0 Å². The summed E-state index contributed by atoms with van der Waals surface area (Å²) in [5.74, 6) is 0. The highest BCUT2D eigenvalue weighted by Gasteiger charge is 2.16. The van der Waals surface area contributed by atoms with Gasteiger partial charge in [-0.1, -0.05) is 11.6 Å². The minimum atomic E-state index is -0.463. The lowest BCUT2D eigenvalue weighted by atomic mass is 10.1. The van der Waals surface area contributed by atoms with Crippen molar-refractivity contribution in [3.8, 4) is 0 Å². The van der Waals surface area contributed by atoms with E-state index in [0.29, 0.717) is 10.6 Å². The van der Waals surface area contributed by atoms with Crippen LogP contribution in [0.4, 0.5) is 5.69 Å². The molecule has 1 atom stereocenters. The van der Waals surface area contributed by atoms with Crippen LogP contribution >= 0.6 is 24.0 Å². The Morgan fingerprint density at radius 2 is 2.14 bits per heavy atom. The maximum atomic E-state index is 10.5. The summed E-state index contributed by atoms with van der Waals surface area (Å²) in [4.78, 5) is 10.1. The SMILES string of the molecule is C[C@@H](N)c1cc(Cl)ccc1[N+](=O)[O-].Cl. The van der Waals surface area contributed by atoms with E-state index in [9.17, 15) is 10.1 Å². The van der Waals surface area contributed by atoms with Gasteiger partial charge in [0, 0.05) is 22.7 Å². The van der Waals surface area contributed by atoms with Crippen molar-refractivity contribution in [3.63, 3.8) is 0 Å². The molecule has 0 aliphatic carbocycles. The molecule has 1 aromatic rings. The highest BCUT2D eigenvalue weighted by atomic mass is 35.5. The monoisotopic (exact) mass is 236 g/mol. The normalized spacial score (nSPS) is 11.6. The van der Waals surface area contributed by atoms with Crippen LogP contribution in [0.5, 0.6) is 0 Å². The number of hydrogen-bond donors (Lipinski definition) is 1. The molecule has 1 aromatic carbocycles. The molecular formula is C8H10Cl2N2O2. The van der Waals surface area contributed by atoms with E-state index >= 15 is 0 Å². The molecule has 0 spiro atoms. The predicted molar refractivity (Wildman–Crippen MR) is 58.0 cm³/mol. The summed E-state index contributed by atoms with van der Waals surface area (Å²) >= 11 is 5.69. The molecule has 2 N–H and O–H groups in total. The van der Waals surface area contributed by atoms with Crippen LogP contribution in [0.25, 0.3) is 0 Å². The van der Waals surface area contributed by atoms with Crippen molar-refractivity contribution in [1.29, 1.82) is 0 Å². The predicted octanol–water partition coefficient (Wildman–Crippen LogP) is 2.69. The van der Waals surface area contributed by atoms with Crippen LogP contribution in [0.15, 0.2) is 18.2 Å². The van der Waals surface area contributed by atoms with E-state index in [1.165, 1.54) is 18.2 Å². The number of benzene rings is 1. The fraction of sp³-hybridized carbons (Fsp3) is 0.250. The Hall–Kier alpha value is -0.840. The van der Waals surface area contributed by atoms with Crippen molar-refractivity contribution >= 4 is 29.7 Å². The van der Waals surface area contributed by atoms with Crippen LogP contribution in [0.1, 0.15) is 18.5 Å². The third-order valence-electron chi connectivity index (χ3n) is 1.68. The summed E-state index contributed by atoms with van der Waals surface area (Å²) in [5, 5.41) is 11.0. The molecule has 0 bridgehead atoms. The first-order valence-electron chi connectivity index (χ1n) is 3.72. The Kier molecular flexibility index (Phi) is 4.83. The van der Waals surface area contributed by atoms with Crippen molar-refractivity contribution in [3.05, 3.63) is 38.9 Å². The summed E-state index contributed by atoms with van der Waals surface area (Å²) in [6, 6.07) is 3.97. The van der Waals surface area contributed by atoms with Crippen molar-refractivity contribution in [2.45, 2.75) is 13.0 Å². The molecule has 0 saturated heterocycles. The molecule has 0 unspecified atom stereocenters. The first-order valence-corrected chi connectivity index (χ1v) is 4.09. The maximum absolute atomic E-state index is 10.5. The van der Waals surface area contributed by atoms with Gasteiger partial charge in [0.25, 0.3) is 5.69 Å². The average Bonchev–Trinajstić information content (AvgIpc) is 2.03. The highest BCUT2D eigenvalue weighted by Crippen LogP contribution is 2.26. The van der Waals surface area contributed by atoms with Crippen LogP contribution in [-0.2, 0) is 0 Å². The summed E-state index contributed by atoms with van der Waals surface area (Å²) in [5.41, 5.74) is 6.03. The number of nitrogens with two attached hydrogens (primary N) is 1. The number of nitrogens with zero attached hydrogens (tertiary/aromatic N) is 1. The zero-order valence-electron chi connectivity index (χ0n) is 7.44. The largest absolute Gasteiger partial charge is 0.324 e. The van der Waals surface area contributed by atoms with Gasteiger partial charge in [0.15, 0.2) is 0 Å². The lowest BCUT2D eigenvalue weighted by molar-refractivity contribution is -0.385. The quantitative estimate of drug-likeness (QED) is 0.634. The summed E-state index contributed by atoms with van der Waals surface area (Å²) in [7, 11) is 0. The molecule has 0 fully saturated rings. The van der Waals surface area contributed by atoms with E-state index in [-0.39, 0.29) is 24.1 Å². The first kappa shape index (κ1) is 13.2. The van der Waals surface area contributed by atoms with Gasteiger partial charge in [-0.15, -0.1) is 12.4 Å². The van der Waals surface area contributed by atoms with Crippen LogP contribution in [0.3, 0.4) is 0 Å². The zero-order chi connectivity index (χ0) is 10.0. The Labute approximate surface area is 92.6 Å². The molecule has 0 aliphatic rings. The first-order chi connectivity index (χ1) is 6.02.